The molecule has 0 radical (unpaired) electrons. The number of carbonyl (C=O) groups excluding carboxylic acids is 1. The Morgan fingerprint density at radius 2 is 1.71 bits per heavy atom. The average Bonchev–Trinajstić information content (AvgIpc) is 3.46. The molecule has 3 aromatic carbocycles. The van der Waals surface area contributed by atoms with E-state index < -0.39 is 0 Å². The molecule has 0 spiro atoms. The van der Waals surface area contributed by atoms with Gasteiger partial charge in [0.1, 0.15) is 5.82 Å². The predicted octanol–water partition coefficient (Wildman–Crippen LogP) is 2.67. The summed E-state index contributed by atoms with van der Waals surface area (Å²) in [6.07, 6.45) is 2.83. The van der Waals surface area contributed by atoms with Crippen LogP contribution in [0.15, 0.2) is 60.7 Å². The molecule has 1 aliphatic heterocycles. The molecule has 1 amide bonds. The first kappa shape index (κ1) is 35.7. The zero-order valence-electron chi connectivity index (χ0n) is 28.4. The number of fused-ring (bicyclic) bond motifs is 1. The Kier molecular flexibility index (Phi) is 12.8. The van der Waals surface area contributed by atoms with Crippen LogP contribution < -0.4 is 41.1 Å². The van der Waals surface area contributed by atoms with E-state index in [1.807, 2.05) is 18.2 Å². The number of para-hydroxylation sites is 2. The molecule has 10 nitrogen and oxygen atoms in total. The number of carbonyl (C=O) groups is 1. The Balaban J connectivity index is 1.22. The molecule has 0 saturated carbocycles. The first-order chi connectivity index (χ1) is 23.3. The summed E-state index contributed by atoms with van der Waals surface area (Å²) < 4.78 is 38.2. The maximum absolute atomic E-state index is 13.9. The van der Waals surface area contributed by atoms with Gasteiger partial charge in [0.15, 0.2) is 11.5 Å². The van der Waals surface area contributed by atoms with Crippen molar-refractivity contribution in [2.24, 2.45) is 0 Å². The summed E-state index contributed by atoms with van der Waals surface area (Å²) in [7, 11) is 6.38. The van der Waals surface area contributed by atoms with E-state index in [-0.39, 0.29) is 39.3 Å². The number of benzene rings is 3. The third-order valence-corrected chi connectivity index (χ3v) is 10.0. The minimum atomic E-state index is -0.276. The van der Waals surface area contributed by atoms with E-state index in [1.165, 1.54) is 33.5 Å². The number of hydrogen-bond donors (Lipinski definition) is 1. The summed E-state index contributed by atoms with van der Waals surface area (Å²) in [5.41, 5.74) is 3.55. The van der Waals surface area contributed by atoms with Crippen LogP contribution in [0.5, 0.6) is 17.2 Å². The second kappa shape index (κ2) is 17.2. The van der Waals surface area contributed by atoms with Crippen LogP contribution in [-0.2, 0) is 9.61 Å². The summed E-state index contributed by atoms with van der Waals surface area (Å²) in [6, 6.07) is 18.5. The number of piperidine rings is 1. The van der Waals surface area contributed by atoms with Gasteiger partial charge in [-0.1, -0.05) is 12.1 Å². The number of anilines is 1. The first-order valence-electron chi connectivity index (χ1n) is 16.2. The van der Waals surface area contributed by atoms with Crippen LogP contribution in [0, 0.1) is 5.82 Å². The fourth-order valence-electron chi connectivity index (χ4n) is 6.37. The van der Waals surface area contributed by atoms with Gasteiger partial charge >= 0.3 is 149 Å². The average molecular weight is 775 g/mol. The smallest absolute Gasteiger partial charge is 0.203 e. The molecular weight excluding hydrogens is 728 g/mol. The minimum absolute atomic E-state index is 0.0186. The van der Waals surface area contributed by atoms with Gasteiger partial charge in [-0.25, -0.2) is 4.39 Å². The summed E-state index contributed by atoms with van der Waals surface area (Å²) in [5.74, 6) is 1.76. The van der Waals surface area contributed by atoms with Gasteiger partial charge in [-0.2, -0.15) is 0 Å². The summed E-state index contributed by atoms with van der Waals surface area (Å²) in [5, 5.41) is 3.73. The van der Waals surface area contributed by atoms with Gasteiger partial charge in [-0.3, -0.25) is 4.79 Å². The van der Waals surface area contributed by atoms with Crippen molar-refractivity contribution in [2.75, 3.05) is 71.4 Å². The Morgan fingerprint density at radius 3 is 2.35 bits per heavy atom. The van der Waals surface area contributed by atoms with Crippen molar-refractivity contribution in [2.45, 2.75) is 37.8 Å². The number of nitrogens with one attached hydrogen (secondary N) is 1. The normalized spacial score (nSPS) is 14.6. The number of amides is 1. The van der Waals surface area contributed by atoms with Crippen molar-refractivity contribution >= 4 is 22.9 Å². The van der Waals surface area contributed by atoms with Crippen LogP contribution in [0.2, 0.25) is 0 Å². The van der Waals surface area contributed by atoms with Crippen molar-refractivity contribution in [1.82, 2.24) is 19.4 Å². The molecule has 0 bridgehead atoms. The van der Waals surface area contributed by atoms with Crippen molar-refractivity contribution < 1.29 is 48.1 Å². The molecule has 2 heterocycles. The molecule has 12 heteroatoms. The second-order valence-electron chi connectivity index (χ2n) is 11.9. The molecule has 5 rings (SSSR count). The second-order valence-corrected chi connectivity index (χ2v) is 13.4. The topological polar surface area (TPSA) is 90.3 Å². The zero-order valence-corrected chi connectivity index (χ0v) is 30.5. The van der Waals surface area contributed by atoms with Gasteiger partial charge in [0.25, 0.3) is 5.91 Å². The third-order valence-electron chi connectivity index (χ3n) is 8.96. The molecule has 1 N–H and O–H groups in total. The van der Waals surface area contributed by atoms with Gasteiger partial charge in [0.2, 0.25) is 5.75 Å². The molecule has 0 aliphatic carbocycles. The number of likely N-dealkylation sites (tertiary alicyclic amines) is 1. The monoisotopic (exact) mass is 774 g/mol. The number of imidazole rings is 1. The Morgan fingerprint density at radius 1 is 1.02 bits per heavy atom. The molecule has 1 unspecified atom stereocenters. The largest absolute Gasteiger partial charge is 0.493 e. The molecular formula is C36H46FIN5O5-. The van der Waals surface area contributed by atoms with E-state index in [9.17, 15) is 9.18 Å². The predicted molar refractivity (Wildman–Crippen MR) is 182 cm³/mol. The van der Waals surface area contributed by atoms with E-state index in [2.05, 4.69) is 37.9 Å². The van der Waals surface area contributed by atoms with Gasteiger partial charge in [0.05, 0.1) is 21.3 Å². The number of halogens is 2. The van der Waals surface area contributed by atoms with E-state index in [1.54, 1.807) is 24.1 Å². The van der Waals surface area contributed by atoms with Crippen LogP contribution in [0.3, 0.4) is 0 Å². The summed E-state index contributed by atoms with van der Waals surface area (Å²) in [4.78, 5) is 24.9. The van der Waals surface area contributed by atoms with Crippen LogP contribution in [0.25, 0.3) is 11.0 Å². The number of nitrogens with zero attached hydrogens (tertiary/aromatic N) is 4. The number of hydrogen-bond acceptors (Lipinski definition) is 8. The molecule has 4 aromatic rings. The molecule has 1 atom stereocenters. The quantitative estimate of drug-likeness (QED) is 0.106. The summed E-state index contributed by atoms with van der Waals surface area (Å²) in [6.45, 7) is 4.72. The fourth-order valence-corrected chi connectivity index (χ4v) is 7.01. The van der Waals surface area contributed by atoms with E-state index in [4.69, 9.17) is 22.3 Å². The zero-order chi connectivity index (χ0) is 34.0. The van der Waals surface area contributed by atoms with E-state index >= 15 is 0 Å². The van der Waals surface area contributed by atoms with Crippen LogP contribution in [0.4, 0.5) is 10.3 Å². The van der Waals surface area contributed by atoms with Crippen LogP contribution in [0.1, 0.15) is 41.1 Å². The van der Waals surface area contributed by atoms with Gasteiger partial charge in [-0.15, -0.1) is 0 Å². The fraction of sp³-hybridized carbons (Fsp3) is 0.444. The van der Waals surface area contributed by atoms with Crippen molar-refractivity contribution in [3.8, 4) is 17.2 Å². The number of rotatable bonds is 16. The Bertz CT molecular complexity index is 1620. The molecule has 1 saturated heterocycles. The van der Waals surface area contributed by atoms with Crippen molar-refractivity contribution in [3.63, 3.8) is 0 Å². The number of methoxy groups -OCH3 is 3. The minimum Gasteiger partial charge on any atom is -0.493 e. The van der Waals surface area contributed by atoms with Crippen LogP contribution >= 0.6 is 0 Å². The first-order valence-corrected chi connectivity index (χ1v) is 19.2. The maximum Gasteiger partial charge on any atom is 0.203 e. The number of likely N-dealkylation sites (N-methyl/N-ethyl adjacent to an activating group) is 1. The summed E-state index contributed by atoms with van der Waals surface area (Å²) >= 11 is -0.213. The molecule has 1 aromatic heterocycles. The van der Waals surface area contributed by atoms with E-state index in [0.29, 0.717) is 42.0 Å². The van der Waals surface area contributed by atoms with E-state index in [0.717, 1.165) is 68.0 Å². The van der Waals surface area contributed by atoms with Gasteiger partial charge < -0.3 is 19.1 Å². The molecule has 1 fully saturated rings. The van der Waals surface area contributed by atoms with Crippen molar-refractivity contribution in [1.29, 1.82) is 0 Å². The SMILES string of the molecule is COc1cc(C(=O)N(C)CC(CCN2CCC(Nc3nc4ccccc4n3CCO[I-]C)CC2)c2ccc(F)cc2)cc(OC)c1OC. The number of ether oxygens (including phenoxy) is 3. The molecule has 1 aliphatic rings. The number of alkyl halides is 1. The van der Waals surface area contributed by atoms with Gasteiger partial charge in [-0.05, 0) is 29.8 Å². The number of aromatic nitrogens is 2. The third kappa shape index (κ3) is 8.69. The molecule has 260 valence electrons. The van der Waals surface area contributed by atoms with Gasteiger partial charge in [0, 0.05) is 25.1 Å². The Labute approximate surface area is 293 Å². The standard InChI is InChI=1S/C36H46FIN5O5/c1-38-48-21-20-43-31-9-7-6-8-30(31)40-36(43)39-29-15-18-42(19-16-29)17-14-26(25-10-12-28(37)13-11-25)24-41(2)35(44)27-22-32(45-3)34(47-5)33(23-27)46-4/h6-13,22-23,26,29H,14-21,24H2,1-5H3,(H,39,40)/q-1. The Hall–Kier alpha value is -3.62. The maximum atomic E-state index is 13.9. The molecule has 48 heavy (non-hydrogen) atoms. The van der Waals surface area contributed by atoms with Crippen LogP contribution in [-0.4, -0.2) is 97.4 Å². The van der Waals surface area contributed by atoms with Crippen molar-refractivity contribution in [3.05, 3.63) is 77.6 Å².